The van der Waals surface area contributed by atoms with Crippen LogP contribution in [0.1, 0.15) is 43.7 Å². The molecule has 6 nitrogen and oxygen atoms in total. The maximum atomic E-state index is 12.6. The molecule has 3 rings (SSSR count). The normalized spacial score (nSPS) is 15.6. The zero-order valence-corrected chi connectivity index (χ0v) is 16.7. The Labute approximate surface area is 161 Å². The Morgan fingerprint density at radius 3 is 2.37 bits per heavy atom. The Hall–Kier alpha value is -2.47. The van der Waals surface area contributed by atoms with Gasteiger partial charge in [-0.15, -0.1) is 0 Å². The minimum absolute atomic E-state index is 0.0555. The number of para-hydroxylation sites is 1. The summed E-state index contributed by atoms with van der Waals surface area (Å²) in [6, 6.07) is 7.88. The van der Waals surface area contributed by atoms with Crippen LogP contribution < -0.4 is 10.2 Å². The SMILES string of the molecule is CCN1CCN(c2cnc(C(=O)Nc3ccccc3C(C)(C)C)cn2)CC1. The molecule has 1 amide bonds. The van der Waals surface area contributed by atoms with Crippen LogP contribution in [0.5, 0.6) is 0 Å². The van der Waals surface area contributed by atoms with E-state index < -0.39 is 0 Å². The molecule has 0 spiro atoms. The molecule has 1 aromatic carbocycles. The third kappa shape index (κ3) is 4.63. The van der Waals surface area contributed by atoms with Crippen molar-refractivity contribution in [2.24, 2.45) is 0 Å². The number of hydrogen-bond donors (Lipinski definition) is 1. The number of benzene rings is 1. The summed E-state index contributed by atoms with van der Waals surface area (Å²) in [5.74, 6) is 0.596. The molecular weight excluding hydrogens is 338 g/mol. The van der Waals surface area contributed by atoms with E-state index in [1.165, 1.54) is 0 Å². The van der Waals surface area contributed by atoms with Gasteiger partial charge in [0.1, 0.15) is 11.5 Å². The summed E-state index contributed by atoms with van der Waals surface area (Å²) in [6.45, 7) is 13.6. The van der Waals surface area contributed by atoms with Gasteiger partial charge in [0.2, 0.25) is 0 Å². The minimum Gasteiger partial charge on any atom is -0.353 e. The van der Waals surface area contributed by atoms with Gasteiger partial charge in [0.15, 0.2) is 0 Å². The Morgan fingerprint density at radius 2 is 1.78 bits per heavy atom. The average Bonchev–Trinajstić information content (AvgIpc) is 2.68. The average molecular weight is 367 g/mol. The smallest absolute Gasteiger partial charge is 0.275 e. The lowest BCUT2D eigenvalue weighted by molar-refractivity contribution is 0.102. The quantitative estimate of drug-likeness (QED) is 0.899. The number of piperazine rings is 1. The van der Waals surface area contributed by atoms with E-state index in [1.54, 1.807) is 12.4 Å². The van der Waals surface area contributed by atoms with E-state index >= 15 is 0 Å². The van der Waals surface area contributed by atoms with Crippen molar-refractivity contribution in [2.75, 3.05) is 42.9 Å². The molecule has 144 valence electrons. The van der Waals surface area contributed by atoms with Crippen molar-refractivity contribution in [3.05, 3.63) is 47.9 Å². The Morgan fingerprint density at radius 1 is 1.07 bits per heavy atom. The molecule has 1 fully saturated rings. The van der Waals surface area contributed by atoms with Crippen LogP contribution in [0.2, 0.25) is 0 Å². The predicted molar refractivity (Wildman–Crippen MR) is 109 cm³/mol. The molecule has 0 atom stereocenters. The standard InChI is InChI=1S/C21H29N5O/c1-5-25-10-12-26(13-11-25)19-15-22-18(14-23-19)20(27)24-17-9-7-6-8-16(17)21(2,3)4/h6-9,14-15H,5,10-13H2,1-4H3,(H,24,27). The summed E-state index contributed by atoms with van der Waals surface area (Å²) in [7, 11) is 0. The highest BCUT2D eigenvalue weighted by molar-refractivity contribution is 6.03. The number of carbonyl (C=O) groups excluding carboxylic acids is 1. The van der Waals surface area contributed by atoms with Crippen molar-refractivity contribution in [3.63, 3.8) is 0 Å². The van der Waals surface area contributed by atoms with Crippen LogP contribution in [0, 0.1) is 0 Å². The Kier molecular flexibility index (Phi) is 5.75. The van der Waals surface area contributed by atoms with E-state index in [1.807, 2.05) is 24.3 Å². The second-order valence-corrected chi connectivity index (χ2v) is 7.93. The number of amides is 1. The highest BCUT2D eigenvalue weighted by Gasteiger charge is 2.20. The summed E-state index contributed by atoms with van der Waals surface area (Å²) in [5.41, 5.74) is 2.18. The first kappa shape index (κ1) is 19.3. The topological polar surface area (TPSA) is 61.4 Å². The molecule has 0 saturated carbocycles. The third-order valence-electron chi connectivity index (χ3n) is 5.00. The first-order valence-electron chi connectivity index (χ1n) is 9.58. The predicted octanol–water partition coefficient (Wildman–Crippen LogP) is 3.17. The molecule has 0 radical (unpaired) electrons. The van der Waals surface area contributed by atoms with Gasteiger partial charge in [0.05, 0.1) is 12.4 Å². The number of likely N-dealkylation sites (N-methyl/N-ethyl adjacent to an activating group) is 1. The van der Waals surface area contributed by atoms with Gasteiger partial charge in [-0.05, 0) is 23.6 Å². The van der Waals surface area contributed by atoms with Gasteiger partial charge < -0.3 is 15.1 Å². The van der Waals surface area contributed by atoms with Gasteiger partial charge >= 0.3 is 0 Å². The van der Waals surface area contributed by atoms with E-state index in [2.05, 4.69) is 52.8 Å². The van der Waals surface area contributed by atoms with E-state index in [-0.39, 0.29) is 11.3 Å². The molecule has 2 heterocycles. The fourth-order valence-corrected chi connectivity index (χ4v) is 3.33. The zero-order valence-electron chi connectivity index (χ0n) is 16.7. The van der Waals surface area contributed by atoms with Crippen LogP contribution in [0.3, 0.4) is 0 Å². The number of nitrogens with one attached hydrogen (secondary N) is 1. The van der Waals surface area contributed by atoms with E-state index in [4.69, 9.17) is 0 Å². The van der Waals surface area contributed by atoms with Gasteiger partial charge in [0.25, 0.3) is 5.91 Å². The first-order valence-corrected chi connectivity index (χ1v) is 9.58. The number of nitrogens with zero attached hydrogens (tertiary/aromatic N) is 4. The third-order valence-corrected chi connectivity index (χ3v) is 5.00. The van der Waals surface area contributed by atoms with E-state index in [0.717, 1.165) is 49.8 Å². The fraction of sp³-hybridized carbons (Fsp3) is 0.476. The van der Waals surface area contributed by atoms with Gasteiger partial charge in [-0.2, -0.15) is 0 Å². The molecule has 1 saturated heterocycles. The Balaban J connectivity index is 1.69. The monoisotopic (exact) mass is 367 g/mol. The zero-order chi connectivity index (χ0) is 19.4. The van der Waals surface area contributed by atoms with Crippen molar-refractivity contribution >= 4 is 17.4 Å². The summed E-state index contributed by atoms with van der Waals surface area (Å²) in [6.07, 6.45) is 3.27. The molecule has 2 aromatic rings. The number of anilines is 2. The van der Waals surface area contributed by atoms with Crippen molar-refractivity contribution in [1.82, 2.24) is 14.9 Å². The van der Waals surface area contributed by atoms with Gasteiger partial charge in [-0.25, -0.2) is 9.97 Å². The molecule has 27 heavy (non-hydrogen) atoms. The highest BCUT2D eigenvalue weighted by Crippen LogP contribution is 2.29. The van der Waals surface area contributed by atoms with Crippen LogP contribution >= 0.6 is 0 Å². The second kappa shape index (κ2) is 8.05. The van der Waals surface area contributed by atoms with Crippen molar-refractivity contribution in [1.29, 1.82) is 0 Å². The summed E-state index contributed by atoms with van der Waals surface area (Å²) < 4.78 is 0. The van der Waals surface area contributed by atoms with Crippen LogP contribution in [0.15, 0.2) is 36.7 Å². The molecule has 0 unspecified atom stereocenters. The number of rotatable bonds is 4. The molecule has 0 bridgehead atoms. The minimum atomic E-state index is -0.235. The van der Waals surface area contributed by atoms with Crippen LogP contribution in [-0.4, -0.2) is 53.5 Å². The van der Waals surface area contributed by atoms with Crippen molar-refractivity contribution in [3.8, 4) is 0 Å². The highest BCUT2D eigenvalue weighted by atomic mass is 16.1. The van der Waals surface area contributed by atoms with E-state index in [0.29, 0.717) is 5.69 Å². The first-order chi connectivity index (χ1) is 12.9. The summed E-state index contributed by atoms with van der Waals surface area (Å²) >= 11 is 0. The van der Waals surface area contributed by atoms with Crippen LogP contribution in [-0.2, 0) is 5.41 Å². The lowest BCUT2D eigenvalue weighted by atomic mass is 9.86. The maximum absolute atomic E-state index is 12.6. The van der Waals surface area contributed by atoms with Gasteiger partial charge in [-0.3, -0.25) is 4.79 Å². The molecule has 6 heteroatoms. The Bertz CT molecular complexity index is 774. The fourth-order valence-electron chi connectivity index (χ4n) is 3.33. The van der Waals surface area contributed by atoms with E-state index in [9.17, 15) is 4.79 Å². The lowest BCUT2D eigenvalue weighted by Crippen LogP contribution is -2.46. The number of carbonyl (C=O) groups is 1. The molecular formula is C21H29N5O. The number of aromatic nitrogens is 2. The van der Waals surface area contributed by atoms with Crippen LogP contribution in [0.25, 0.3) is 0 Å². The van der Waals surface area contributed by atoms with Crippen LogP contribution in [0.4, 0.5) is 11.5 Å². The van der Waals surface area contributed by atoms with Gasteiger partial charge in [-0.1, -0.05) is 45.9 Å². The molecule has 1 aliphatic heterocycles. The molecule has 1 N–H and O–H groups in total. The lowest BCUT2D eigenvalue weighted by Gasteiger charge is -2.34. The largest absolute Gasteiger partial charge is 0.353 e. The number of hydrogen-bond acceptors (Lipinski definition) is 5. The maximum Gasteiger partial charge on any atom is 0.275 e. The summed E-state index contributed by atoms with van der Waals surface area (Å²) in [4.78, 5) is 26.1. The summed E-state index contributed by atoms with van der Waals surface area (Å²) in [5, 5.41) is 2.98. The second-order valence-electron chi connectivity index (χ2n) is 7.93. The van der Waals surface area contributed by atoms with Gasteiger partial charge in [0, 0.05) is 31.9 Å². The molecule has 1 aromatic heterocycles. The van der Waals surface area contributed by atoms with Crippen molar-refractivity contribution in [2.45, 2.75) is 33.1 Å². The van der Waals surface area contributed by atoms with Crippen molar-refractivity contribution < 1.29 is 4.79 Å². The molecule has 1 aliphatic rings. The molecule has 0 aliphatic carbocycles.